The van der Waals surface area contributed by atoms with Crippen LogP contribution in [0.4, 0.5) is 4.39 Å². The fourth-order valence-electron chi connectivity index (χ4n) is 2.33. The molecule has 0 heterocycles. The smallest absolute Gasteiger partial charge is 0.338 e. The van der Waals surface area contributed by atoms with Gasteiger partial charge in [0.15, 0.2) is 6.10 Å². The number of halogens is 1. The first kappa shape index (κ1) is 18.6. The highest BCUT2D eigenvalue weighted by Gasteiger charge is 2.20. The summed E-state index contributed by atoms with van der Waals surface area (Å²) in [5, 5.41) is 2.84. The van der Waals surface area contributed by atoms with E-state index in [0.29, 0.717) is 0 Å². The quantitative estimate of drug-likeness (QED) is 0.783. The first-order valence-corrected chi connectivity index (χ1v) is 8.26. The van der Waals surface area contributed by atoms with E-state index in [4.69, 9.17) is 4.74 Å². The van der Waals surface area contributed by atoms with Crippen molar-refractivity contribution in [1.29, 1.82) is 0 Å². The number of aryl methyl sites for hydroxylation is 1. The lowest BCUT2D eigenvalue weighted by molar-refractivity contribution is -0.129. The van der Waals surface area contributed by atoms with Crippen LogP contribution in [0.2, 0.25) is 0 Å². The lowest BCUT2D eigenvalue weighted by Gasteiger charge is -2.18. The van der Waals surface area contributed by atoms with Crippen LogP contribution in [0.3, 0.4) is 0 Å². The number of esters is 1. The Morgan fingerprint density at radius 2 is 1.68 bits per heavy atom. The highest BCUT2D eigenvalue weighted by molar-refractivity contribution is 5.92. The predicted octanol–water partition coefficient (Wildman–Crippen LogP) is 3.51. The lowest BCUT2D eigenvalue weighted by atomic mass is 10.1. The van der Waals surface area contributed by atoms with E-state index in [1.54, 1.807) is 0 Å². The Kier molecular flexibility index (Phi) is 6.69. The Hall–Kier alpha value is -2.69. The number of carbonyl (C=O) groups is 2. The minimum Gasteiger partial charge on any atom is -0.449 e. The minimum absolute atomic E-state index is 0.0420. The number of hydrogen-bond donors (Lipinski definition) is 1. The molecule has 0 spiro atoms. The zero-order valence-corrected chi connectivity index (χ0v) is 14.4. The van der Waals surface area contributed by atoms with E-state index in [1.807, 2.05) is 37.3 Å². The van der Waals surface area contributed by atoms with E-state index in [0.717, 1.165) is 12.8 Å². The van der Waals surface area contributed by atoms with Gasteiger partial charge in [-0.25, -0.2) is 9.18 Å². The molecule has 0 aliphatic heterocycles. The van der Waals surface area contributed by atoms with Crippen molar-refractivity contribution in [3.63, 3.8) is 0 Å². The van der Waals surface area contributed by atoms with Gasteiger partial charge >= 0.3 is 5.97 Å². The largest absolute Gasteiger partial charge is 0.449 e. The molecule has 1 N–H and O–H groups in total. The molecule has 0 unspecified atom stereocenters. The molecular weight excluding hydrogens is 321 g/mol. The second-order valence-corrected chi connectivity index (χ2v) is 5.99. The summed E-state index contributed by atoms with van der Waals surface area (Å²) in [6.07, 6.45) is 0.720. The Labute approximate surface area is 147 Å². The molecule has 0 bridgehead atoms. The maximum atomic E-state index is 12.9. The van der Waals surface area contributed by atoms with Gasteiger partial charge in [-0.15, -0.1) is 0 Å². The second-order valence-electron chi connectivity index (χ2n) is 5.99. The van der Waals surface area contributed by atoms with Crippen LogP contribution in [-0.4, -0.2) is 24.0 Å². The molecule has 0 saturated heterocycles. The molecule has 2 atom stereocenters. The standard InChI is InChI=1S/C20H22FNO3/c1-14(8-9-16-6-4-3-5-7-16)22-19(23)15(2)25-20(24)17-10-12-18(21)13-11-17/h3-7,10-15H,8-9H2,1-2H3,(H,22,23)/t14-,15+/m1/s1. The average molecular weight is 343 g/mol. The van der Waals surface area contributed by atoms with Crippen LogP contribution in [0.1, 0.15) is 36.2 Å². The highest BCUT2D eigenvalue weighted by atomic mass is 19.1. The van der Waals surface area contributed by atoms with Gasteiger partial charge in [0.1, 0.15) is 5.82 Å². The van der Waals surface area contributed by atoms with Crippen LogP contribution in [0, 0.1) is 5.82 Å². The van der Waals surface area contributed by atoms with Crippen molar-refractivity contribution in [1.82, 2.24) is 5.32 Å². The molecule has 4 nitrogen and oxygen atoms in total. The zero-order valence-electron chi connectivity index (χ0n) is 14.4. The molecule has 0 aliphatic carbocycles. The SMILES string of the molecule is C[C@H](CCc1ccccc1)NC(=O)[C@H](C)OC(=O)c1ccc(F)cc1. The molecule has 0 saturated carbocycles. The van der Waals surface area contributed by atoms with Crippen LogP contribution >= 0.6 is 0 Å². The first-order chi connectivity index (χ1) is 12.0. The van der Waals surface area contributed by atoms with Gasteiger partial charge in [-0.05, 0) is 56.5 Å². The third-order valence-corrected chi connectivity index (χ3v) is 3.83. The van der Waals surface area contributed by atoms with Crippen LogP contribution in [0.15, 0.2) is 54.6 Å². The Morgan fingerprint density at radius 1 is 1.04 bits per heavy atom. The molecule has 132 valence electrons. The van der Waals surface area contributed by atoms with E-state index >= 15 is 0 Å². The van der Waals surface area contributed by atoms with Gasteiger partial charge in [-0.3, -0.25) is 4.79 Å². The zero-order chi connectivity index (χ0) is 18.2. The molecule has 2 aromatic rings. The maximum Gasteiger partial charge on any atom is 0.338 e. The summed E-state index contributed by atoms with van der Waals surface area (Å²) < 4.78 is 18.0. The number of nitrogens with one attached hydrogen (secondary N) is 1. The predicted molar refractivity (Wildman–Crippen MR) is 93.6 cm³/mol. The summed E-state index contributed by atoms with van der Waals surface area (Å²) in [4.78, 5) is 24.1. The molecular formula is C20H22FNO3. The number of benzene rings is 2. The molecule has 2 aromatic carbocycles. The van der Waals surface area contributed by atoms with E-state index in [-0.39, 0.29) is 17.5 Å². The summed E-state index contributed by atoms with van der Waals surface area (Å²) >= 11 is 0. The van der Waals surface area contributed by atoms with Crippen molar-refractivity contribution < 1.29 is 18.7 Å². The van der Waals surface area contributed by atoms with Crippen molar-refractivity contribution in [3.05, 3.63) is 71.5 Å². The van der Waals surface area contributed by atoms with Gasteiger partial charge < -0.3 is 10.1 Å². The van der Waals surface area contributed by atoms with Crippen molar-refractivity contribution in [2.45, 2.75) is 38.8 Å². The lowest BCUT2D eigenvalue weighted by Crippen LogP contribution is -2.41. The molecule has 5 heteroatoms. The third kappa shape index (κ3) is 6.03. The number of hydrogen-bond acceptors (Lipinski definition) is 3. The van der Waals surface area contributed by atoms with E-state index in [2.05, 4.69) is 5.32 Å². The van der Waals surface area contributed by atoms with Crippen LogP contribution in [0.25, 0.3) is 0 Å². The second kappa shape index (κ2) is 8.97. The van der Waals surface area contributed by atoms with Gasteiger partial charge in [0.05, 0.1) is 5.56 Å². The van der Waals surface area contributed by atoms with Gasteiger partial charge in [0.25, 0.3) is 5.91 Å². The Morgan fingerprint density at radius 3 is 2.32 bits per heavy atom. The van der Waals surface area contributed by atoms with E-state index in [1.165, 1.54) is 36.8 Å². The summed E-state index contributed by atoms with van der Waals surface area (Å²) in [6, 6.07) is 15.0. The number of ether oxygens (including phenoxy) is 1. The first-order valence-electron chi connectivity index (χ1n) is 8.26. The number of rotatable bonds is 7. The molecule has 2 rings (SSSR count). The van der Waals surface area contributed by atoms with Crippen LogP contribution in [-0.2, 0) is 16.0 Å². The summed E-state index contributed by atoms with van der Waals surface area (Å²) in [6.45, 7) is 3.43. The molecule has 25 heavy (non-hydrogen) atoms. The van der Waals surface area contributed by atoms with Crippen LogP contribution < -0.4 is 5.32 Å². The van der Waals surface area contributed by atoms with Crippen molar-refractivity contribution in [2.24, 2.45) is 0 Å². The normalized spacial score (nSPS) is 12.9. The van der Waals surface area contributed by atoms with Gasteiger partial charge in [0, 0.05) is 6.04 Å². The molecule has 0 aliphatic rings. The summed E-state index contributed by atoms with van der Waals surface area (Å²) in [5.74, 6) is -1.44. The average Bonchev–Trinajstić information content (AvgIpc) is 2.61. The van der Waals surface area contributed by atoms with Gasteiger partial charge in [0.2, 0.25) is 0 Å². The van der Waals surface area contributed by atoms with Crippen LogP contribution in [0.5, 0.6) is 0 Å². The maximum absolute atomic E-state index is 12.9. The summed E-state index contributed by atoms with van der Waals surface area (Å²) in [5.41, 5.74) is 1.41. The Bertz CT molecular complexity index is 701. The van der Waals surface area contributed by atoms with E-state index in [9.17, 15) is 14.0 Å². The van der Waals surface area contributed by atoms with Gasteiger partial charge in [-0.2, -0.15) is 0 Å². The molecule has 0 aromatic heterocycles. The fourth-order valence-corrected chi connectivity index (χ4v) is 2.33. The van der Waals surface area contributed by atoms with Crippen molar-refractivity contribution in [2.75, 3.05) is 0 Å². The third-order valence-electron chi connectivity index (χ3n) is 3.83. The Balaban J connectivity index is 1.79. The topological polar surface area (TPSA) is 55.4 Å². The monoisotopic (exact) mass is 343 g/mol. The van der Waals surface area contributed by atoms with E-state index < -0.39 is 17.9 Å². The van der Waals surface area contributed by atoms with Crippen molar-refractivity contribution >= 4 is 11.9 Å². The van der Waals surface area contributed by atoms with Crippen molar-refractivity contribution in [3.8, 4) is 0 Å². The number of carbonyl (C=O) groups excluding carboxylic acids is 2. The molecule has 1 amide bonds. The molecule has 0 radical (unpaired) electrons. The minimum atomic E-state index is -0.920. The summed E-state index contributed by atoms with van der Waals surface area (Å²) in [7, 11) is 0. The van der Waals surface area contributed by atoms with Gasteiger partial charge in [-0.1, -0.05) is 30.3 Å². The fraction of sp³-hybridized carbons (Fsp3) is 0.300. The number of amides is 1. The highest BCUT2D eigenvalue weighted by Crippen LogP contribution is 2.08. The molecule has 0 fully saturated rings.